The Morgan fingerprint density at radius 3 is 2.50 bits per heavy atom. The Balaban J connectivity index is 1.22. The minimum Gasteiger partial charge on any atom is -0.489 e. The fourth-order valence-electron chi connectivity index (χ4n) is 4.43. The van der Waals surface area contributed by atoms with Crippen LogP contribution >= 0.6 is 23.2 Å². The van der Waals surface area contributed by atoms with E-state index in [9.17, 15) is 9.59 Å². The van der Waals surface area contributed by atoms with Crippen LogP contribution in [0.15, 0.2) is 95.1 Å². The third-order valence-electron chi connectivity index (χ3n) is 6.38. The summed E-state index contributed by atoms with van der Waals surface area (Å²) in [4.78, 5) is 26.1. The zero-order valence-electron chi connectivity index (χ0n) is 21.1. The molecular weight excluding hydrogens is 551 g/mol. The van der Waals surface area contributed by atoms with E-state index in [0.29, 0.717) is 50.3 Å². The van der Waals surface area contributed by atoms with Gasteiger partial charge in [-0.05, 0) is 66.6 Å². The lowest BCUT2D eigenvalue weighted by molar-refractivity contribution is 0.0734. The number of hydrogen-bond acceptors (Lipinski definition) is 6. The van der Waals surface area contributed by atoms with Gasteiger partial charge < -0.3 is 18.6 Å². The van der Waals surface area contributed by atoms with E-state index in [0.717, 1.165) is 5.56 Å². The molecule has 40 heavy (non-hydrogen) atoms. The minimum atomic E-state index is -0.604. The SMILES string of the molecule is Cc1oc2ccc(OCc3ccccc3)cc2c1C(=O)Oc1ccc2c(c1)OC(=Cc1ccc(Cl)c(Cl)c1)C2=O. The number of carbonyl (C=O) groups excluding carboxylic acids is 2. The summed E-state index contributed by atoms with van der Waals surface area (Å²) in [6.07, 6.45) is 1.58. The van der Waals surface area contributed by atoms with Gasteiger partial charge in [-0.2, -0.15) is 0 Å². The van der Waals surface area contributed by atoms with E-state index in [4.69, 9.17) is 41.8 Å². The number of carbonyl (C=O) groups is 2. The number of ether oxygens (including phenoxy) is 3. The van der Waals surface area contributed by atoms with Crippen molar-refractivity contribution >= 4 is 52.0 Å². The zero-order chi connectivity index (χ0) is 27.8. The molecule has 0 atom stereocenters. The van der Waals surface area contributed by atoms with Crippen LogP contribution in [0.4, 0.5) is 0 Å². The number of ketones is 1. The van der Waals surface area contributed by atoms with Crippen LogP contribution in [0.1, 0.15) is 37.6 Å². The van der Waals surface area contributed by atoms with Gasteiger partial charge in [-0.25, -0.2) is 4.79 Å². The van der Waals surface area contributed by atoms with E-state index in [-0.39, 0.29) is 28.6 Å². The Kier molecular flexibility index (Phi) is 6.80. The molecule has 5 aromatic rings. The number of Topliss-reactive ketones (excluding diaryl/α,β-unsaturated/α-hetero) is 1. The molecule has 8 heteroatoms. The second-order valence-corrected chi connectivity index (χ2v) is 9.94. The predicted molar refractivity (Wildman–Crippen MR) is 153 cm³/mol. The molecule has 0 saturated heterocycles. The first kappa shape index (κ1) is 25.7. The number of aryl methyl sites for hydroxylation is 1. The lowest BCUT2D eigenvalue weighted by Gasteiger charge is -2.07. The highest BCUT2D eigenvalue weighted by Crippen LogP contribution is 2.36. The molecule has 2 heterocycles. The molecule has 198 valence electrons. The molecule has 0 unspecified atom stereocenters. The Morgan fingerprint density at radius 1 is 0.900 bits per heavy atom. The first-order valence-corrected chi connectivity index (χ1v) is 13.1. The minimum absolute atomic E-state index is 0.122. The molecule has 0 spiro atoms. The average Bonchev–Trinajstić information content (AvgIpc) is 3.44. The number of fused-ring (bicyclic) bond motifs is 2. The largest absolute Gasteiger partial charge is 0.489 e. The van der Waals surface area contributed by atoms with Crippen molar-refractivity contribution in [1.82, 2.24) is 0 Å². The van der Waals surface area contributed by atoms with E-state index >= 15 is 0 Å². The van der Waals surface area contributed by atoms with E-state index in [2.05, 4.69) is 0 Å². The van der Waals surface area contributed by atoms with Gasteiger partial charge in [0.15, 0.2) is 5.76 Å². The summed E-state index contributed by atoms with van der Waals surface area (Å²) in [7, 11) is 0. The van der Waals surface area contributed by atoms with E-state index in [1.54, 1.807) is 61.5 Å². The van der Waals surface area contributed by atoms with Crippen LogP contribution in [0.5, 0.6) is 17.2 Å². The Hall–Kier alpha value is -4.52. The van der Waals surface area contributed by atoms with Gasteiger partial charge in [-0.1, -0.05) is 59.6 Å². The summed E-state index contributed by atoms with van der Waals surface area (Å²) in [5, 5.41) is 1.35. The van der Waals surface area contributed by atoms with Gasteiger partial charge >= 0.3 is 5.97 Å². The maximum atomic E-state index is 13.3. The van der Waals surface area contributed by atoms with E-state index < -0.39 is 5.97 Å². The van der Waals surface area contributed by atoms with Crippen molar-refractivity contribution in [3.05, 3.63) is 129 Å². The summed E-state index contributed by atoms with van der Waals surface area (Å²) in [5.74, 6) is 0.740. The smallest absolute Gasteiger partial charge is 0.347 e. The highest BCUT2D eigenvalue weighted by Gasteiger charge is 2.29. The molecule has 4 aromatic carbocycles. The summed E-state index contributed by atoms with van der Waals surface area (Å²) in [5.41, 5.74) is 2.87. The van der Waals surface area contributed by atoms with Gasteiger partial charge in [-0.15, -0.1) is 0 Å². The first-order valence-electron chi connectivity index (χ1n) is 12.3. The molecule has 0 saturated carbocycles. The maximum absolute atomic E-state index is 13.3. The second kappa shape index (κ2) is 10.6. The molecule has 1 aromatic heterocycles. The number of rotatable bonds is 6. The summed E-state index contributed by atoms with van der Waals surface area (Å²) in [6.45, 7) is 2.09. The monoisotopic (exact) mass is 570 g/mol. The third-order valence-corrected chi connectivity index (χ3v) is 7.12. The molecule has 0 bridgehead atoms. The van der Waals surface area contributed by atoms with E-state index in [1.807, 2.05) is 30.3 Å². The van der Waals surface area contributed by atoms with Crippen molar-refractivity contribution < 1.29 is 28.2 Å². The van der Waals surface area contributed by atoms with Crippen LogP contribution < -0.4 is 14.2 Å². The number of benzene rings is 4. The van der Waals surface area contributed by atoms with Gasteiger partial charge in [0.25, 0.3) is 0 Å². The quantitative estimate of drug-likeness (QED) is 0.116. The first-order chi connectivity index (χ1) is 19.4. The molecule has 0 fully saturated rings. The van der Waals surface area contributed by atoms with Gasteiger partial charge in [0.2, 0.25) is 5.78 Å². The fraction of sp³-hybridized carbons (Fsp3) is 0.0625. The molecule has 6 nitrogen and oxygen atoms in total. The van der Waals surface area contributed by atoms with Crippen LogP contribution in [0.2, 0.25) is 10.0 Å². The van der Waals surface area contributed by atoms with Crippen LogP contribution in [-0.4, -0.2) is 11.8 Å². The highest BCUT2D eigenvalue weighted by atomic mass is 35.5. The number of hydrogen-bond donors (Lipinski definition) is 0. The standard InChI is InChI=1S/C32H20Cl2O6/c1-18-30(24-15-21(9-12-27(24)38-18)37-17-19-5-3-2-4-6-19)32(36)39-22-8-10-23-28(16-22)40-29(31(23)35)14-20-7-11-25(33)26(34)13-20/h2-16H,17H2,1H3. The van der Waals surface area contributed by atoms with Crippen LogP contribution in [-0.2, 0) is 6.61 Å². The van der Waals surface area contributed by atoms with Crippen molar-refractivity contribution in [2.24, 2.45) is 0 Å². The Labute approximate surface area is 239 Å². The van der Waals surface area contributed by atoms with Gasteiger partial charge in [0.05, 0.1) is 15.6 Å². The molecular formula is C32H20Cl2O6. The van der Waals surface area contributed by atoms with Crippen LogP contribution in [0, 0.1) is 6.92 Å². The number of esters is 1. The Morgan fingerprint density at radius 2 is 1.70 bits per heavy atom. The molecule has 0 aliphatic carbocycles. The number of halogens is 2. The van der Waals surface area contributed by atoms with Gasteiger partial charge in [-0.3, -0.25) is 4.79 Å². The van der Waals surface area contributed by atoms with Crippen molar-refractivity contribution in [1.29, 1.82) is 0 Å². The normalized spacial score (nSPS) is 13.4. The molecule has 1 aliphatic heterocycles. The van der Waals surface area contributed by atoms with Crippen molar-refractivity contribution in [3.63, 3.8) is 0 Å². The maximum Gasteiger partial charge on any atom is 0.347 e. The topological polar surface area (TPSA) is 75.0 Å². The molecule has 1 aliphatic rings. The van der Waals surface area contributed by atoms with Crippen LogP contribution in [0.3, 0.4) is 0 Å². The average molecular weight is 571 g/mol. The lowest BCUT2D eigenvalue weighted by Crippen LogP contribution is -2.09. The van der Waals surface area contributed by atoms with Gasteiger partial charge in [0, 0.05) is 11.5 Å². The molecule has 6 rings (SSSR count). The van der Waals surface area contributed by atoms with Crippen LogP contribution in [0.25, 0.3) is 17.0 Å². The number of allylic oxidation sites excluding steroid dienone is 1. The number of furan rings is 1. The second-order valence-electron chi connectivity index (χ2n) is 9.13. The summed E-state index contributed by atoms with van der Waals surface area (Å²) < 4.78 is 23.2. The summed E-state index contributed by atoms with van der Waals surface area (Å²) >= 11 is 12.1. The van der Waals surface area contributed by atoms with Crippen molar-refractivity contribution in [2.45, 2.75) is 13.5 Å². The van der Waals surface area contributed by atoms with Crippen molar-refractivity contribution in [3.8, 4) is 17.2 Å². The van der Waals surface area contributed by atoms with Crippen molar-refractivity contribution in [2.75, 3.05) is 0 Å². The molecule has 0 amide bonds. The fourth-order valence-corrected chi connectivity index (χ4v) is 4.73. The lowest BCUT2D eigenvalue weighted by atomic mass is 10.1. The van der Waals surface area contributed by atoms with Gasteiger partial charge in [0.1, 0.15) is 40.8 Å². The Bertz CT molecular complexity index is 1820. The predicted octanol–water partition coefficient (Wildman–Crippen LogP) is 8.46. The highest BCUT2D eigenvalue weighted by molar-refractivity contribution is 6.42. The molecule has 0 N–H and O–H groups in total. The zero-order valence-corrected chi connectivity index (χ0v) is 22.6. The summed E-state index contributed by atoms with van der Waals surface area (Å²) in [6, 6.07) is 24.7. The third kappa shape index (κ3) is 5.07. The van der Waals surface area contributed by atoms with E-state index in [1.165, 1.54) is 6.07 Å². The molecule has 0 radical (unpaired) electrons.